The van der Waals surface area contributed by atoms with Gasteiger partial charge in [-0.3, -0.25) is 19.4 Å². The predicted octanol–water partition coefficient (Wildman–Crippen LogP) is 5.51. The first kappa shape index (κ1) is 27.3. The van der Waals surface area contributed by atoms with Crippen LogP contribution in [0.4, 0.5) is 11.5 Å². The molecule has 1 amide bonds. The maximum absolute atomic E-state index is 12.4. The number of hydrogen-bond acceptors (Lipinski definition) is 8. The maximum atomic E-state index is 12.4. The summed E-state index contributed by atoms with van der Waals surface area (Å²) in [5, 5.41) is 9.11. The molecule has 0 aliphatic carbocycles. The van der Waals surface area contributed by atoms with Gasteiger partial charge >= 0.3 is 0 Å². The second-order valence-corrected chi connectivity index (χ2v) is 10.9. The Morgan fingerprint density at radius 3 is 2.67 bits per heavy atom. The average molecular weight is 563 g/mol. The Kier molecular flexibility index (Phi) is 7.52. The predicted molar refractivity (Wildman–Crippen MR) is 162 cm³/mol. The van der Waals surface area contributed by atoms with Gasteiger partial charge in [0.15, 0.2) is 0 Å². The first-order valence-electron chi connectivity index (χ1n) is 14.2. The molecule has 2 atom stereocenters. The minimum atomic E-state index is 0.0229. The van der Waals surface area contributed by atoms with Crippen molar-refractivity contribution in [2.45, 2.75) is 52.1 Å². The van der Waals surface area contributed by atoms with Crippen LogP contribution in [0.25, 0.3) is 22.2 Å². The molecule has 0 spiro atoms. The van der Waals surface area contributed by atoms with Crippen LogP contribution in [0.3, 0.4) is 0 Å². The number of hydrogen-bond donors (Lipinski definition) is 1. The summed E-state index contributed by atoms with van der Waals surface area (Å²) < 4.78 is 7.24. The summed E-state index contributed by atoms with van der Waals surface area (Å²) >= 11 is 0. The van der Waals surface area contributed by atoms with Gasteiger partial charge in [-0.15, -0.1) is 0 Å². The van der Waals surface area contributed by atoms with Crippen LogP contribution in [0.2, 0.25) is 0 Å². The van der Waals surface area contributed by atoms with Crippen molar-refractivity contribution in [3.05, 3.63) is 84.3 Å². The molecule has 2 unspecified atom stereocenters. The summed E-state index contributed by atoms with van der Waals surface area (Å²) in [4.78, 5) is 33.2. The number of pyridine rings is 2. The molecule has 10 heteroatoms. The molecule has 5 heterocycles. The lowest BCUT2D eigenvalue weighted by atomic mass is 9.92. The van der Waals surface area contributed by atoms with E-state index in [0.29, 0.717) is 24.7 Å². The Morgan fingerprint density at radius 2 is 1.90 bits per heavy atom. The molecule has 0 bridgehead atoms. The van der Waals surface area contributed by atoms with Gasteiger partial charge in [-0.2, -0.15) is 5.10 Å². The number of rotatable bonds is 7. The smallest absolute Gasteiger partial charge is 0.219 e. The van der Waals surface area contributed by atoms with E-state index in [-0.39, 0.29) is 17.9 Å². The van der Waals surface area contributed by atoms with Crippen molar-refractivity contribution < 1.29 is 9.53 Å². The molecular formula is C32H34N8O2. The number of likely N-dealkylation sites (tertiary alicyclic amines) is 1. The zero-order valence-corrected chi connectivity index (χ0v) is 24.3. The molecular weight excluding hydrogens is 528 g/mol. The van der Waals surface area contributed by atoms with Crippen LogP contribution in [-0.4, -0.2) is 60.2 Å². The van der Waals surface area contributed by atoms with E-state index in [1.165, 1.54) is 0 Å². The van der Waals surface area contributed by atoms with Gasteiger partial charge in [0.2, 0.25) is 5.91 Å². The first-order valence-corrected chi connectivity index (χ1v) is 14.2. The van der Waals surface area contributed by atoms with Crippen molar-refractivity contribution in [2.75, 3.05) is 19.0 Å². The molecule has 0 radical (unpaired) electrons. The summed E-state index contributed by atoms with van der Waals surface area (Å²) in [6.45, 7) is 6.88. The number of amides is 1. The number of anilines is 2. The first-order chi connectivity index (χ1) is 20.4. The highest BCUT2D eigenvalue weighted by Gasteiger charge is 2.30. The summed E-state index contributed by atoms with van der Waals surface area (Å²) in [6, 6.07) is 14.0. The number of benzene rings is 1. The topological polar surface area (TPSA) is 111 Å². The lowest BCUT2D eigenvalue weighted by Crippen LogP contribution is -2.44. The normalized spacial score (nSPS) is 16.9. The molecule has 5 aromatic rings. The Hall–Kier alpha value is -4.86. The zero-order chi connectivity index (χ0) is 29.2. The van der Waals surface area contributed by atoms with Gasteiger partial charge in [-0.05, 0) is 56.5 Å². The highest BCUT2D eigenvalue weighted by atomic mass is 16.5. The van der Waals surface area contributed by atoms with E-state index in [0.717, 1.165) is 57.7 Å². The van der Waals surface area contributed by atoms with E-state index >= 15 is 0 Å². The van der Waals surface area contributed by atoms with E-state index in [1.807, 2.05) is 77.6 Å². The van der Waals surface area contributed by atoms with Crippen LogP contribution in [-0.2, 0) is 11.3 Å². The molecule has 0 saturated carbocycles. The van der Waals surface area contributed by atoms with Gasteiger partial charge in [0.25, 0.3) is 0 Å². The lowest BCUT2D eigenvalue weighted by molar-refractivity contribution is -0.132. The van der Waals surface area contributed by atoms with Crippen LogP contribution >= 0.6 is 0 Å². The number of carbonyl (C=O) groups excluding carboxylic acids is 1. The van der Waals surface area contributed by atoms with E-state index in [4.69, 9.17) is 19.8 Å². The number of carbonyl (C=O) groups is 1. The molecule has 214 valence electrons. The number of methoxy groups -OCH3 is 1. The summed E-state index contributed by atoms with van der Waals surface area (Å²) in [6.07, 6.45) is 9.12. The minimum Gasteiger partial charge on any atom is -0.497 e. The van der Waals surface area contributed by atoms with Crippen molar-refractivity contribution in [1.29, 1.82) is 0 Å². The van der Waals surface area contributed by atoms with Crippen molar-refractivity contribution in [3.8, 4) is 17.0 Å². The largest absolute Gasteiger partial charge is 0.497 e. The van der Waals surface area contributed by atoms with E-state index < -0.39 is 0 Å². The number of ether oxygens (including phenoxy) is 1. The molecule has 1 aromatic carbocycles. The van der Waals surface area contributed by atoms with Crippen LogP contribution < -0.4 is 10.1 Å². The third-order valence-corrected chi connectivity index (χ3v) is 7.90. The second kappa shape index (κ2) is 11.6. The highest BCUT2D eigenvalue weighted by molar-refractivity contribution is 5.93. The van der Waals surface area contributed by atoms with Crippen LogP contribution in [0.5, 0.6) is 5.75 Å². The molecule has 1 fully saturated rings. The fraction of sp³-hybridized carbons (Fsp3) is 0.312. The monoisotopic (exact) mass is 562 g/mol. The van der Waals surface area contributed by atoms with Gasteiger partial charge < -0.3 is 15.0 Å². The lowest BCUT2D eigenvalue weighted by Gasteiger charge is -2.37. The number of nitrogens with zero attached hydrogens (tertiary/aromatic N) is 7. The number of piperidine rings is 1. The van der Waals surface area contributed by atoms with Crippen molar-refractivity contribution in [2.24, 2.45) is 0 Å². The van der Waals surface area contributed by atoms with Gasteiger partial charge in [0.1, 0.15) is 17.4 Å². The quantitative estimate of drug-likeness (QED) is 0.277. The number of nitrogens with one attached hydrogen (secondary N) is 1. The van der Waals surface area contributed by atoms with Gasteiger partial charge in [0.05, 0.1) is 37.3 Å². The van der Waals surface area contributed by atoms with Gasteiger partial charge in [-0.25, -0.2) is 9.97 Å². The summed E-state index contributed by atoms with van der Waals surface area (Å²) in [5.74, 6) is 2.30. The zero-order valence-electron chi connectivity index (χ0n) is 24.3. The molecule has 1 aliphatic rings. The molecule has 10 nitrogen and oxygen atoms in total. The molecule has 4 aromatic heterocycles. The second-order valence-electron chi connectivity index (χ2n) is 10.9. The molecule has 42 heavy (non-hydrogen) atoms. The molecule has 6 rings (SSSR count). The number of aryl methyl sites for hydroxylation is 1. The van der Waals surface area contributed by atoms with Crippen LogP contribution in [0, 0.1) is 6.92 Å². The Bertz CT molecular complexity index is 1730. The van der Waals surface area contributed by atoms with Crippen molar-refractivity contribution in [1.82, 2.24) is 34.6 Å². The SMILES string of the molecule is COc1ccc(Cn2ncc3c(-c4cc(Nc5ccnc(C)c5)nc(C5CCC(C)N(C(C)=O)C5)n4)cncc32)cc1. The fourth-order valence-corrected chi connectivity index (χ4v) is 5.60. The molecule has 1 saturated heterocycles. The highest BCUT2D eigenvalue weighted by Crippen LogP contribution is 2.33. The Morgan fingerprint density at radius 1 is 1.07 bits per heavy atom. The maximum Gasteiger partial charge on any atom is 0.219 e. The van der Waals surface area contributed by atoms with Crippen LogP contribution in [0.15, 0.2) is 67.3 Å². The Labute approximate surface area is 244 Å². The summed E-state index contributed by atoms with van der Waals surface area (Å²) in [7, 11) is 1.66. The van der Waals surface area contributed by atoms with E-state index in [1.54, 1.807) is 20.2 Å². The molecule has 1 N–H and O–H groups in total. The van der Waals surface area contributed by atoms with Gasteiger partial charge in [-0.1, -0.05) is 12.1 Å². The number of aromatic nitrogens is 6. The van der Waals surface area contributed by atoms with Crippen LogP contribution in [0.1, 0.15) is 49.7 Å². The minimum absolute atomic E-state index is 0.0229. The third kappa shape index (κ3) is 5.65. The van der Waals surface area contributed by atoms with Crippen molar-refractivity contribution >= 4 is 28.3 Å². The van der Waals surface area contributed by atoms with Crippen molar-refractivity contribution in [3.63, 3.8) is 0 Å². The standard InChI is InChI=1S/C32H34N8O2/c1-20-13-25(11-12-34-20)36-31-14-29(37-32(38-31)24-8-5-21(2)39(19-24)22(3)41)27-15-33-17-30-28(27)16-35-40(30)18-23-6-9-26(42-4)10-7-23/h6-7,9-17,21,24H,5,8,18-19H2,1-4H3,(H,34,36,37,38). The van der Waals surface area contributed by atoms with Gasteiger partial charge in [0, 0.05) is 66.2 Å². The third-order valence-electron chi connectivity index (χ3n) is 7.90. The fourth-order valence-electron chi connectivity index (χ4n) is 5.60. The number of fused-ring (bicyclic) bond motifs is 1. The average Bonchev–Trinajstić information content (AvgIpc) is 3.40. The summed E-state index contributed by atoms with van der Waals surface area (Å²) in [5.41, 5.74) is 5.45. The van der Waals surface area contributed by atoms with E-state index in [9.17, 15) is 4.79 Å². The molecule has 1 aliphatic heterocycles. The van der Waals surface area contributed by atoms with E-state index in [2.05, 4.69) is 22.2 Å². The Balaban J connectivity index is 1.40.